The van der Waals surface area contributed by atoms with Crippen molar-refractivity contribution in [1.82, 2.24) is 14.2 Å². The Bertz CT molecular complexity index is 961. The van der Waals surface area contributed by atoms with Crippen LogP contribution in [0.15, 0.2) is 47.5 Å². The first kappa shape index (κ1) is 20.8. The molecule has 8 heteroatoms. The molecule has 0 radical (unpaired) electrons. The predicted molar refractivity (Wildman–Crippen MR) is 109 cm³/mol. The van der Waals surface area contributed by atoms with Crippen LogP contribution in [0.4, 0.5) is 0 Å². The first-order valence-electron chi connectivity index (χ1n) is 9.11. The van der Waals surface area contributed by atoms with Gasteiger partial charge in [-0.25, -0.2) is 13.4 Å². The zero-order chi connectivity index (χ0) is 20.5. The molecular formula is C20H24ClN3O3S. The molecule has 3 rings (SSSR count). The van der Waals surface area contributed by atoms with E-state index in [1.54, 1.807) is 29.2 Å². The van der Waals surface area contributed by atoms with Crippen molar-refractivity contribution in [3.8, 4) is 0 Å². The van der Waals surface area contributed by atoms with Gasteiger partial charge in [0.05, 0.1) is 10.5 Å². The summed E-state index contributed by atoms with van der Waals surface area (Å²) in [6.45, 7) is 7.36. The molecule has 0 N–H and O–H groups in total. The molecule has 1 fully saturated rings. The van der Waals surface area contributed by atoms with Crippen molar-refractivity contribution < 1.29 is 13.2 Å². The normalized spacial score (nSPS) is 16.2. The fourth-order valence-electron chi connectivity index (χ4n) is 3.12. The third kappa shape index (κ3) is 4.21. The number of carbonyl (C=O) groups excluding carboxylic acids is 1. The largest absolute Gasteiger partial charge is 0.336 e. The second kappa shape index (κ2) is 7.81. The van der Waals surface area contributed by atoms with E-state index in [-0.39, 0.29) is 34.5 Å². The maximum atomic E-state index is 12.9. The Morgan fingerprint density at radius 2 is 1.64 bits per heavy atom. The van der Waals surface area contributed by atoms with Crippen molar-refractivity contribution in [2.75, 3.05) is 26.2 Å². The molecule has 0 bridgehead atoms. The molecule has 0 saturated carbocycles. The van der Waals surface area contributed by atoms with Gasteiger partial charge >= 0.3 is 0 Å². The maximum Gasteiger partial charge on any atom is 0.257 e. The van der Waals surface area contributed by atoms with E-state index in [4.69, 9.17) is 11.6 Å². The van der Waals surface area contributed by atoms with E-state index in [0.29, 0.717) is 18.7 Å². The zero-order valence-corrected chi connectivity index (χ0v) is 17.8. The first-order valence-corrected chi connectivity index (χ1v) is 10.9. The van der Waals surface area contributed by atoms with E-state index in [9.17, 15) is 13.2 Å². The van der Waals surface area contributed by atoms with Crippen LogP contribution in [0.1, 0.15) is 36.7 Å². The van der Waals surface area contributed by atoms with E-state index in [2.05, 4.69) is 25.8 Å². The second-order valence-corrected chi connectivity index (χ2v) is 10.1. The molecule has 1 saturated heterocycles. The Kier molecular flexibility index (Phi) is 5.79. The fourth-order valence-corrected chi connectivity index (χ4v) is 4.75. The lowest BCUT2D eigenvalue weighted by molar-refractivity contribution is 0.0697. The molecule has 28 heavy (non-hydrogen) atoms. The van der Waals surface area contributed by atoms with Crippen molar-refractivity contribution in [2.45, 2.75) is 31.1 Å². The van der Waals surface area contributed by atoms with Crippen LogP contribution >= 0.6 is 11.6 Å². The first-order chi connectivity index (χ1) is 13.1. The lowest BCUT2D eigenvalue weighted by atomic mass is 9.87. The van der Waals surface area contributed by atoms with Crippen molar-refractivity contribution in [2.24, 2.45) is 0 Å². The summed E-state index contributed by atoms with van der Waals surface area (Å²) in [5, 5.41) is 0.154. The van der Waals surface area contributed by atoms with Crippen LogP contribution in [0.25, 0.3) is 0 Å². The van der Waals surface area contributed by atoms with Gasteiger partial charge in [-0.1, -0.05) is 44.5 Å². The molecule has 1 aromatic heterocycles. The third-order valence-corrected chi connectivity index (χ3v) is 7.09. The summed E-state index contributed by atoms with van der Waals surface area (Å²) in [5.74, 6) is -0.232. The molecule has 1 amide bonds. The minimum absolute atomic E-state index is 0.0398. The molecule has 0 spiro atoms. The number of aromatic nitrogens is 1. The lowest BCUT2D eigenvalue weighted by Crippen LogP contribution is -2.50. The van der Waals surface area contributed by atoms with Gasteiger partial charge in [0.1, 0.15) is 5.15 Å². The van der Waals surface area contributed by atoms with Crippen molar-refractivity contribution >= 4 is 27.5 Å². The van der Waals surface area contributed by atoms with Gasteiger partial charge in [-0.3, -0.25) is 4.79 Å². The molecule has 6 nitrogen and oxygen atoms in total. The lowest BCUT2D eigenvalue weighted by Gasteiger charge is -2.34. The maximum absolute atomic E-state index is 12.9. The smallest absolute Gasteiger partial charge is 0.257 e. The van der Waals surface area contributed by atoms with E-state index in [1.807, 2.05) is 12.1 Å². The van der Waals surface area contributed by atoms with Gasteiger partial charge in [-0.2, -0.15) is 4.31 Å². The summed E-state index contributed by atoms with van der Waals surface area (Å²) in [7, 11) is -3.59. The number of pyridine rings is 1. The van der Waals surface area contributed by atoms with E-state index < -0.39 is 10.0 Å². The number of sulfonamides is 1. The molecule has 1 aromatic carbocycles. The Morgan fingerprint density at radius 3 is 2.18 bits per heavy atom. The van der Waals surface area contributed by atoms with Gasteiger partial charge in [-0.05, 0) is 35.2 Å². The topological polar surface area (TPSA) is 70.6 Å². The Morgan fingerprint density at radius 1 is 1.04 bits per heavy atom. The van der Waals surface area contributed by atoms with Gasteiger partial charge in [0, 0.05) is 32.4 Å². The number of hydrogen-bond acceptors (Lipinski definition) is 4. The highest BCUT2D eigenvalue weighted by Crippen LogP contribution is 2.25. The minimum Gasteiger partial charge on any atom is -0.336 e. The Hall–Kier alpha value is -1.96. The average Bonchev–Trinajstić information content (AvgIpc) is 2.67. The molecule has 1 aliphatic heterocycles. The van der Waals surface area contributed by atoms with Crippen LogP contribution in [0, 0.1) is 0 Å². The Labute approximate surface area is 171 Å². The number of rotatable bonds is 3. The minimum atomic E-state index is -3.59. The molecule has 0 aliphatic carbocycles. The van der Waals surface area contributed by atoms with E-state index in [0.717, 1.165) is 5.56 Å². The van der Waals surface area contributed by atoms with Crippen LogP contribution in [-0.4, -0.2) is 54.7 Å². The molecule has 2 aromatic rings. The summed E-state index contributed by atoms with van der Waals surface area (Å²) >= 11 is 6.00. The highest BCUT2D eigenvalue weighted by atomic mass is 35.5. The van der Waals surface area contributed by atoms with Crippen molar-refractivity contribution in [3.63, 3.8) is 0 Å². The van der Waals surface area contributed by atoms with Crippen LogP contribution in [0.2, 0.25) is 5.15 Å². The van der Waals surface area contributed by atoms with Crippen molar-refractivity contribution in [3.05, 3.63) is 58.9 Å². The second-order valence-electron chi connectivity index (χ2n) is 7.81. The van der Waals surface area contributed by atoms with E-state index in [1.165, 1.54) is 10.5 Å². The highest BCUT2D eigenvalue weighted by Gasteiger charge is 2.31. The monoisotopic (exact) mass is 421 g/mol. The fraction of sp³-hybridized carbons (Fsp3) is 0.400. The van der Waals surface area contributed by atoms with Gasteiger partial charge in [0.25, 0.3) is 5.91 Å². The van der Waals surface area contributed by atoms with Gasteiger partial charge in [-0.15, -0.1) is 0 Å². The standard InChI is InChI=1S/C20H24ClN3O3S/c1-20(2,3)15-6-8-16(9-7-15)28(26,27)24-13-11-23(12-14-24)19(25)17-5-4-10-22-18(17)21/h4-10H,11-14H2,1-3H3. The SMILES string of the molecule is CC(C)(C)c1ccc(S(=O)(=O)N2CCN(C(=O)c3cccnc3Cl)CC2)cc1. The molecule has 1 aliphatic rings. The van der Waals surface area contributed by atoms with Crippen LogP contribution < -0.4 is 0 Å². The average molecular weight is 422 g/mol. The van der Waals surface area contributed by atoms with Crippen LogP contribution in [-0.2, 0) is 15.4 Å². The van der Waals surface area contributed by atoms with E-state index >= 15 is 0 Å². The van der Waals surface area contributed by atoms with Gasteiger partial charge < -0.3 is 4.90 Å². The third-order valence-electron chi connectivity index (χ3n) is 4.87. The van der Waals surface area contributed by atoms with Gasteiger partial charge in [0.15, 0.2) is 0 Å². The number of halogens is 1. The number of amides is 1. The summed E-state index contributed by atoms with van der Waals surface area (Å²) in [5.41, 5.74) is 1.37. The molecular weight excluding hydrogens is 398 g/mol. The highest BCUT2D eigenvalue weighted by molar-refractivity contribution is 7.89. The number of benzene rings is 1. The predicted octanol–water partition coefficient (Wildman–Crippen LogP) is 3.18. The van der Waals surface area contributed by atoms with Crippen LogP contribution in [0.5, 0.6) is 0 Å². The zero-order valence-electron chi connectivity index (χ0n) is 16.2. The number of nitrogens with zero attached hydrogens (tertiary/aromatic N) is 3. The summed E-state index contributed by atoms with van der Waals surface area (Å²) in [6, 6.07) is 10.3. The summed E-state index contributed by atoms with van der Waals surface area (Å²) in [6.07, 6.45) is 1.52. The molecule has 0 unspecified atom stereocenters. The summed E-state index contributed by atoms with van der Waals surface area (Å²) < 4.78 is 27.3. The Balaban J connectivity index is 1.70. The number of carbonyl (C=O) groups is 1. The van der Waals surface area contributed by atoms with Gasteiger partial charge in [0.2, 0.25) is 10.0 Å². The number of piperazine rings is 1. The quantitative estimate of drug-likeness (QED) is 0.713. The summed E-state index contributed by atoms with van der Waals surface area (Å²) in [4.78, 5) is 18.4. The number of hydrogen-bond donors (Lipinski definition) is 0. The molecule has 150 valence electrons. The molecule has 0 atom stereocenters. The molecule has 2 heterocycles. The van der Waals surface area contributed by atoms with Crippen molar-refractivity contribution in [1.29, 1.82) is 0 Å². The van der Waals surface area contributed by atoms with Crippen LogP contribution in [0.3, 0.4) is 0 Å².